The van der Waals surface area contributed by atoms with Gasteiger partial charge in [-0.1, -0.05) is 25.5 Å². The summed E-state index contributed by atoms with van der Waals surface area (Å²) in [6, 6.07) is 0. The van der Waals surface area contributed by atoms with Gasteiger partial charge in [0.25, 0.3) is 11.8 Å². The SMILES string of the molecule is CCC1=C(C)C(=O)N(CCCCC2CC3C=CC2C3)C1=O. The van der Waals surface area contributed by atoms with Crippen molar-refractivity contribution in [2.24, 2.45) is 17.8 Å². The Hall–Kier alpha value is -1.38. The number of hydrogen-bond acceptors (Lipinski definition) is 2. The van der Waals surface area contributed by atoms with Crippen LogP contribution in [0.25, 0.3) is 0 Å². The maximum atomic E-state index is 12.2. The van der Waals surface area contributed by atoms with Gasteiger partial charge in [0.1, 0.15) is 0 Å². The van der Waals surface area contributed by atoms with E-state index in [4.69, 9.17) is 0 Å². The Kier molecular flexibility index (Phi) is 4.01. The van der Waals surface area contributed by atoms with Crippen molar-refractivity contribution >= 4 is 11.8 Å². The predicted molar refractivity (Wildman–Crippen MR) is 82.4 cm³/mol. The molecule has 3 atom stereocenters. The molecule has 2 bridgehead atoms. The average molecular weight is 287 g/mol. The van der Waals surface area contributed by atoms with E-state index in [-0.39, 0.29) is 11.8 Å². The van der Waals surface area contributed by atoms with Crippen LogP contribution in [0, 0.1) is 17.8 Å². The summed E-state index contributed by atoms with van der Waals surface area (Å²) in [5.41, 5.74) is 1.36. The summed E-state index contributed by atoms with van der Waals surface area (Å²) < 4.78 is 0. The van der Waals surface area contributed by atoms with E-state index in [0.29, 0.717) is 24.1 Å². The smallest absolute Gasteiger partial charge is 0.257 e. The highest BCUT2D eigenvalue weighted by Crippen LogP contribution is 2.45. The lowest BCUT2D eigenvalue weighted by molar-refractivity contribution is -0.137. The van der Waals surface area contributed by atoms with Crippen LogP contribution in [-0.2, 0) is 9.59 Å². The van der Waals surface area contributed by atoms with Gasteiger partial charge in [-0.05, 0) is 56.8 Å². The summed E-state index contributed by atoms with van der Waals surface area (Å²) in [5.74, 6) is 2.36. The molecule has 1 saturated carbocycles. The average Bonchev–Trinajstić information content (AvgIpc) is 3.13. The molecule has 3 heteroatoms. The molecule has 2 amide bonds. The minimum absolute atomic E-state index is 0.0529. The lowest BCUT2D eigenvalue weighted by atomic mass is 9.89. The first-order valence-corrected chi connectivity index (χ1v) is 8.36. The highest BCUT2D eigenvalue weighted by atomic mass is 16.2. The van der Waals surface area contributed by atoms with Gasteiger partial charge in [0.05, 0.1) is 0 Å². The number of imide groups is 1. The lowest BCUT2D eigenvalue weighted by Crippen LogP contribution is -2.32. The Balaban J connectivity index is 1.43. The molecule has 1 aliphatic heterocycles. The van der Waals surface area contributed by atoms with Crippen LogP contribution in [0.2, 0.25) is 0 Å². The van der Waals surface area contributed by atoms with Crippen molar-refractivity contribution in [3.05, 3.63) is 23.3 Å². The van der Waals surface area contributed by atoms with Crippen molar-refractivity contribution in [1.82, 2.24) is 4.90 Å². The molecule has 0 aromatic carbocycles. The number of unbranched alkanes of at least 4 members (excludes halogenated alkanes) is 1. The van der Waals surface area contributed by atoms with Gasteiger partial charge in [0.2, 0.25) is 0 Å². The second kappa shape index (κ2) is 5.78. The normalized spacial score (nSPS) is 31.1. The Morgan fingerprint density at radius 2 is 1.95 bits per heavy atom. The molecule has 3 rings (SSSR count). The fourth-order valence-electron chi connectivity index (χ4n) is 4.27. The van der Waals surface area contributed by atoms with Gasteiger partial charge in [0.15, 0.2) is 0 Å². The maximum absolute atomic E-state index is 12.2. The quantitative estimate of drug-likeness (QED) is 0.426. The molecule has 21 heavy (non-hydrogen) atoms. The van der Waals surface area contributed by atoms with Crippen molar-refractivity contribution in [3.63, 3.8) is 0 Å². The van der Waals surface area contributed by atoms with E-state index in [0.717, 1.165) is 30.6 Å². The molecular weight excluding hydrogens is 262 g/mol. The number of rotatable bonds is 6. The number of allylic oxidation sites excluding steroid dienone is 2. The zero-order valence-electron chi connectivity index (χ0n) is 13.1. The first-order valence-electron chi connectivity index (χ1n) is 8.36. The Morgan fingerprint density at radius 1 is 1.14 bits per heavy atom. The van der Waals surface area contributed by atoms with Crippen molar-refractivity contribution in [3.8, 4) is 0 Å². The summed E-state index contributed by atoms with van der Waals surface area (Å²) in [4.78, 5) is 25.7. The fourth-order valence-corrected chi connectivity index (χ4v) is 4.27. The number of fused-ring (bicyclic) bond motifs is 2. The number of amides is 2. The molecule has 3 unspecified atom stereocenters. The number of carbonyl (C=O) groups excluding carboxylic acids is 2. The summed E-state index contributed by atoms with van der Waals surface area (Å²) in [7, 11) is 0. The first kappa shape index (κ1) is 14.6. The molecule has 0 N–H and O–H groups in total. The van der Waals surface area contributed by atoms with E-state index >= 15 is 0 Å². The van der Waals surface area contributed by atoms with Crippen LogP contribution < -0.4 is 0 Å². The molecular formula is C18H25NO2. The summed E-state index contributed by atoms with van der Waals surface area (Å²) >= 11 is 0. The van der Waals surface area contributed by atoms with Gasteiger partial charge in [0, 0.05) is 17.7 Å². The van der Waals surface area contributed by atoms with Crippen molar-refractivity contribution in [1.29, 1.82) is 0 Å². The summed E-state index contributed by atoms with van der Waals surface area (Å²) in [5, 5.41) is 0. The Bertz CT molecular complexity index is 517. The van der Waals surface area contributed by atoms with E-state index in [9.17, 15) is 9.59 Å². The van der Waals surface area contributed by atoms with Crippen LogP contribution >= 0.6 is 0 Å². The first-order chi connectivity index (χ1) is 10.1. The van der Waals surface area contributed by atoms with Gasteiger partial charge in [-0.25, -0.2) is 0 Å². The largest absolute Gasteiger partial charge is 0.275 e. The standard InChI is InChI=1S/C18H25NO2/c1-3-16-12(2)17(20)19(18(16)21)9-5-4-6-14-10-13-7-8-15(14)11-13/h7-8,13-15H,3-6,9-11H2,1-2H3. The lowest BCUT2D eigenvalue weighted by Gasteiger charge is -2.19. The number of carbonyl (C=O) groups is 2. The molecule has 114 valence electrons. The van der Waals surface area contributed by atoms with Gasteiger partial charge in [-0.3, -0.25) is 14.5 Å². The molecule has 0 aromatic rings. The van der Waals surface area contributed by atoms with E-state index < -0.39 is 0 Å². The minimum Gasteiger partial charge on any atom is -0.275 e. The second-order valence-electron chi connectivity index (χ2n) is 6.76. The predicted octanol–water partition coefficient (Wildman–Crippen LogP) is 3.46. The van der Waals surface area contributed by atoms with E-state index in [1.54, 1.807) is 6.92 Å². The van der Waals surface area contributed by atoms with Crippen LogP contribution in [0.4, 0.5) is 0 Å². The minimum atomic E-state index is -0.0697. The highest BCUT2D eigenvalue weighted by molar-refractivity contribution is 6.18. The Labute approximate surface area is 127 Å². The van der Waals surface area contributed by atoms with Crippen LogP contribution in [0.5, 0.6) is 0 Å². The molecule has 0 radical (unpaired) electrons. The van der Waals surface area contributed by atoms with Gasteiger partial charge < -0.3 is 0 Å². The van der Waals surface area contributed by atoms with Gasteiger partial charge >= 0.3 is 0 Å². The third kappa shape index (κ3) is 2.58. The third-order valence-corrected chi connectivity index (χ3v) is 5.50. The van der Waals surface area contributed by atoms with Crippen LogP contribution in [0.1, 0.15) is 52.4 Å². The highest BCUT2D eigenvalue weighted by Gasteiger charge is 2.36. The molecule has 3 aliphatic rings. The van der Waals surface area contributed by atoms with Gasteiger partial charge in [-0.15, -0.1) is 0 Å². The maximum Gasteiger partial charge on any atom is 0.257 e. The molecule has 0 saturated heterocycles. The number of nitrogens with zero attached hydrogens (tertiary/aromatic N) is 1. The van der Waals surface area contributed by atoms with Crippen LogP contribution in [0.3, 0.4) is 0 Å². The van der Waals surface area contributed by atoms with Crippen molar-refractivity contribution < 1.29 is 9.59 Å². The number of hydrogen-bond donors (Lipinski definition) is 0. The van der Waals surface area contributed by atoms with Crippen molar-refractivity contribution in [2.45, 2.75) is 52.4 Å². The van der Waals surface area contributed by atoms with Crippen LogP contribution in [0.15, 0.2) is 23.3 Å². The topological polar surface area (TPSA) is 37.4 Å². The molecule has 1 fully saturated rings. The molecule has 0 aromatic heterocycles. The fraction of sp³-hybridized carbons (Fsp3) is 0.667. The molecule has 3 nitrogen and oxygen atoms in total. The monoisotopic (exact) mass is 287 g/mol. The molecule has 1 heterocycles. The molecule has 0 spiro atoms. The second-order valence-corrected chi connectivity index (χ2v) is 6.76. The summed E-state index contributed by atoms with van der Waals surface area (Å²) in [6.07, 6.45) is 11.5. The van der Waals surface area contributed by atoms with E-state index in [2.05, 4.69) is 12.2 Å². The van der Waals surface area contributed by atoms with E-state index in [1.807, 2.05) is 6.92 Å². The van der Waals surface area contributed by atoms with Crippen molar-refractivity contribution in [2.75, 3.05) is 6.54 Å². The third-order valence-electron chi connectivity index (χ3n) is 5.50. The van der Waals surface area contributed by atoms with E-state index in [1.165, 1.54) is 24.2 Å². The zero-order valence-corrected chi connectivity index (χ0v) is 13.1. The zero-order chi connectivity index (χ0) is 15.0. The Morgan fingerprint density at radius 3 is 2.52 bits per heavy atom. The van der Waals surface area contributed by atoms with Crippen LogP contribution in [-0.4, -0.2) is 23.3 Å². The van der Waals surface area contributed by atoms with Gasteiger partial charge in [-0.2, -0.15) is 0 Å². The molecule has 2 aliphatic carbocycles. The summed E-state index contributed by atoms with van der Waals surface area (Å²) in [6.45, 7) is 4.31.